The lowest BCUT2D eigenvalue weighted by molar-refractivity contribution is -0.142. The van der Waals surface area contributed by atoms with Gasteiger partial charge >= 0.3 is 5.97 Å². The number of carbonyl (C=O) groups excluding carboxylic acids is 2. The molecule has 1 aromatic carbocycles. The molecule has 0 atom stereocenters. The Kier molecular flexibility index (Phi) is 5.11. The van der Waals surface area contributed by atoms with E-state index in [4.69, 9.17) is 9.84 Å². The van der Waals surface area contributed by atoms with Crippen LogP contribution in [0.3, 0.4) is 0 Å². The zero-order valence-electron chi connectivity index (χ0n) is 10.5. The molecule has 1 N–H and O–H groups in total. The molecule has 18 heavy (non-hydrogen) atoms. The van der Waals surface area contributed by atoms with Gasteiger partial charge in [-0.05, 0) is 37.6 Å². The molecule has 0 aliphatic rings. The number of ketones is 1. The average molecular weight is 248 g/mol. The summed E-state index contributed by atoms with van der Waals surface area (Å²) in [6, 6.07) is 6.38. The van der Waals surface area contributed by atoms with E-state index in [1.54, 1.807) is 25.1 Å². The summed E-state index contributed by atoms with van der Waals surface area (Å²) in [5.41, 5.74) is 1.14. The van der Waals surface area contributed by atoms with E-state index in [-0.39, 0.29) is 18.0 Å². The Morgan fingerprint density at radius 1 is 1.28 bits per heavy atom. The van der Waals surface area contributed by atoms with Crippen molar-refractivity contribution in [3.63, 3.8) is 0 Å². The summed E-state index contributed by atoms with van der Waals surface area (Å²) >= 11 is 0. The third-order valence-corrected chi connectivity index (χ3v) is 2.33. The number of Topliss-reactive ketones (excluding diaryl/α,β-unsaturated/α-hetero) is 1. The van der Waals surface area contributed by atoms with Crippen LogP contribution in [0.5, 0.6) is 5.75 Å². The molecule has 0 bridgehead atoms. The molecule has 0 aliphatic carbocycles. The number of hydrogen-bond acceptors (Lipinski definition) is 4. The van der Waals surface area contributed by atoms with Gasteiger partial charge in [0.25, 0.3) is 0 Å². The number of rotatable bonds is 5. The van der Waals surface area contributed by atoms with Gasteiger partial charge in [0.2, 0.25) is 0 Å². The van der Waals surface area contributed by atoms with Gasteiger partial charge in [-0.2, -0.15) is 0 Å². The van der Waals surface area contributed by atoms with E-state index in [1.165, 1.54) is 19.1 Å². The summed E-state index contributed by atoms with van der Waals surface area (Å²) in [4.78, 5) is 22.8. The number of ether oxygens (including phenoxy) is 1. The second kappa shape index (κ2) is 6.59. The second-order valence-electron chi connectivity index (χ2n) is 3.80. The molecular weight excluding hydrogens is 232 g/mol. The van der Waals surface area contributed by atoms with Crippen LogP contribution in [0.1, 0.15) is 25.8 Å². The minimum absolute atomic E-state index is 0.0376. The lowest BCUT2D eigenvalue weighted by Gasteiger charge is -2.04. The number of phenols is 1. The van der Waals surface area contributed by atoms with Gasteiger partial charge in [-0.1, -0.05) is 12.1 Å². The minimum atomic E-state index is -0.419. The van der Waals surface area contributed by atoms with Gasteiger partial charge in [0.05, 0.1) is 13.0 Å². The number of esters is 1. The predicted molar refractivity (Wildman–Crippen MR) is 68.0 cm³/mol. The normalized spacial score (nSPS) is 11.1. The molecular formula is C14H16O4. The van der Waals surface area contributed by atoms with Crippen LogP contribution in [0.25, 0.3) is 6.08 Å². The molecule has 0 saturated heterocycles. The summed E-state index contributed by atoms with van der Waals surface area (Å²) in [5.74, 6) is -0.434. The van der Waals surface area contributed by atoms with Crippen molar-refractivity contribution in [3.05, 3.63) is 35.4 Å². The SMILES string of the molecule is CCOC(=O)CC(=Cc1ccc(O)cc1)C(C)=O. The van der Waals surface area contributed by atoms with E-state index in [2.05, 4.69) is 0 Å². The summed E-state index contributed by atoms with van der Waals surface area (Å²) in [7, 11) is 0. The third-order valence-electron chi connectivity index (χ3n) is 2.33. The highest BCUT2D eigenvalue weighted by Gasteiger charge is 2.11. The van der Waals surface area contributed by atoms with Crippen LogP contribution in [0.2, 0.25) is 0 Å². The van der Waals surface area contributed by atoms with Gasteiger partial charge in [-0.25, -0.2) is 0 Å². The molecule has 4 nitrogen and oxygen atoms in total. The molecule has 0 saturated carbocycles. The van der Waals surface area contributed by atoms with Crippen LogP contribution in [0.4, 0.5) is 0 Å². The zero-order valence-corrected chi connectivity index (χ0v) is 10.5. The predicted octanol–water partition coefficient (Wildman–Crippen LogP) is 2.32. The van der Waals surface area contributed by atoms with Gasteiger partial charge in [-0.3, -0.25) is 9.59 Å². The maximum Gasteiger partial charge on any atom is 0.310 e. The summed E-state index contributed by atoms with van der Waals surface area (Å²) in [5, 5.41) is 9.15. The highest BCUT2D eigenvalue weighted by atomic mass is 16.5. The largest absolute Gasteiger partial charge is 0.508 e. The quantitative estimate of drug-likeness (QED) is 0.641. The van der Waals surface area contributed by atoms with Crippen molar-refractivity contribution in [2.75, 3.05) is 6.61 Å². The summed E-state index contributed by atoms with van der Waals surface area (Å²) in [6.07, 6.45) is 1.59. The van der Waals surface area contributed by atoms with Crippen LogP contribution in [0.15, 0.2) is 29.8 Å². The van der Waals surface area contributed by atoms with E-state index in [0.717, 1.165) is 5.56 Å². The first-order valence-corrected chi connectivity index (χ1v) is 5.69. The standard InChI is InChI=1S/C14H16O4/c1-3-18-14(17)9-12(10(2)15)8-11-4-6-13(16)7-5-11/h4-8,16H,3,9H2,1-2H3. The van der Waals surface area contributed by atoms with Crippen LogP contribution in [-0.2, 0) is 14.3 Å². The fourth-order valence-electron chi connectivity index (χ4n) is 1.42. The number of phenolic OH excluding ortho intramolecular Hbond substituents is 1. The first-order chi connectivity index (χ1) is 8.52. The number of carbonyl (C=O) groups is 2. The van der Waals surface area contributed by atoms with E-state index in [1.807, 2.05) is 0 Å². The van der Waals surface area contributed by atoms with Crippen LogP contribution >= 0.6 is 0 Å². The molecule has 1 rings (SSSR count). The second-order valence-corrected chi connectivity index (χ2v) is 3.80. The monoisotopic (exact) mass is 248 g/mol. The summed E-state index contributed by atoms with van der Waals surface area (Å²) < 4.78 is 4.81. The molecule has 0 radical (unpaired) electrons. The Morgan fingerprint density at radius 3 is 2.39 bits per heavy atom. The molecule has 1 aromatic rings. The lowest BCUT2D eigenvalue weighted by Crippen LogP contribution is -2.08. The van der Waals surface area contributed by atoms with E-state index in [0.29, 0.717) is 12.2 Å². The Balaban J connectivity index is 2.87. The lowest BCUT2D eigenvalue weighted by atomic mass is 10.0. The molecule has 0 amide bonds. The molecule has 0 spiro atoms. The van der Waals surface area contributed by atoms with E-state index in [9.17, 15) is 9.59 Å². The van der Waals surface area contributed by atoms with Crippen LogP contribution in [-0.4, -0.2) is 23.5 Å². The van der Waals surface area contributed by atoms with E-state index < -0.39 is 5.97 Å². The van der Waals surface area contributed by atoms with Crippen molar-refractivity contribution in [1.29, 1.82) is 0 Å². The molecule has 0 aromatic heterocycles. The van der Waals surface area contributed by atoms with E-state index >= 15 is 0 Å². The highest BCUT2D eigenvalue weighted by Crippen LogP contribution is 2.15. The van der Waals surface area contributed by atoms with Crippen molar-refractivity contribution in [2.45, 2.75) is 20.3 Å². The number of hydrogen-bond donors (Lipinski definition) is 1. The van der Waals surface area contributed by atoms with Crippen molar-refractivity contribution in [3.8, 4) is 5.75 Å². The topological polar surface area (TPSA) is 63.6 Å². The number of benzene rings is 1. The van der Waals surface area contributed by atoms with Crippen molar-refractivity contribution in [1.82, 2.24) is 0 Å². The van der Waals surface area contributed by atoms with Crippen molar-refractivity contribution >= 4 is 17.8 Å². The smallest absolute Gasteiger partial charge is 0.310 e. The Morgan fingerprint density at radius 2 is 1.89 bits per heavy atom. The Bertz CT molecular complexity index is 457. The fourth-order valence-corrected chi connectivity index (χ4v) is 1.42. The van der Waals surface area contributed by atoms with Crippen molar-refractivity contribution < 1.29 is 19.4 Å². The third kappa shape index (κ3) is 4.41. The fraction of sp³-hybridized carbons (Fsp3) is 0.286. The van der Waals surface area contributed by atoms with Crippen molar-refractivity contribution in [2.24, 2.45) is 0 Å². The average Bonchev–Trinajstić information content (AvgIpc) is 2.31. The van der Waals surface area contributed by atoms with Gasteiger partial charge in [-0.15, -0.1) is 0 Å². The molecule has 4 heteroatoms. The van der Waals surface area contributed by atoms with Gasteiger partial charge < -0.3 is 9.84 Å². The maximum atomic E-state index is 11.4. The van der Waals surface area contributed by atoms with Gasteiger partial charge in [0.15, 0.2) is 5.78 Å². The molecule has 0 heterocycles. The zero-order chi connectivity index (χ0) is 13.5. The van der Waals surface area contributed by atoms with Crippen LogP contribution in [0, 0.1) is 0 Å². The molecule has 0 unspecified atom stereocenters. The van der Waals surface area contributed by atoms with Gasteiger partial charge in [0, 0.05) is 5.57 Å². The Labute approximate surface area is 106 Å². The molecule has 0 aliphatic heterocycles. The molecule has 96 valence electrons. The molecule has 0 fully saturated rings. The number of aromatic hydroxyl groups is 1. The van der Waals surface area contributed by atoms with Gasteiger partial charge in [0.1, 0.15) is 5.75 Å². The maximum absolute atomic E-state index is 11.4. The Hall–Kier alpha value is -2.10. The summed E-state index contributed by atoms with van der Waals surface area (Å²) in [6.45, 7) is 3.42. The van der Waals surface area contributed by atoms with Crippen LogP contribution < -0.4 is 0 Å². The first kappa shape index (κ1) is 14.0. The first-order valence-electron chi connectivity index (χ1n) is 5.69. The highest BCUT2D eigenvalue weighted by molar-refractivity contribution is 6.01. The minimum Gasteiger partial charge on any atom is -0.508 e.